The van der Waals surface area contributed by atoms with Crippen LogP contribution in [-0.4, -0.2) is 23.1 Å². The molecular formula is C16H17FN2O2. The van der Waals surface area contributed by atoms with Crippen molar-refractivity contribution in [2.45, 2.75) is 13.0 Å². The number of nitrogens with zero attached hydrogens (tertiary/aromatic N) is 1. The predicted molar refractivity (Wildman–Crippen MR) is 79.7 cm³/mol. The normalized spacial score (nSPS) is 11.8. The average molecular weight is 288 g/mol. The molecule has 1 unspecified atom stereocenters. The molecular weight excluding hydrogens is 271 g/mol. The maximum absolute atomic E-state index is 13.5. The van der Waals surface area contributed by atoms with E-state index in [1.54, 1.807) is 50.4 Å². The van der Waals surface area contributed by atoms with Crippen LogP contribution >= 0.6 is 0 Å². The molecule has 0 radical (unpaired) electrons. The topological polar surface area (TPSA) is 52.6 Å². The molecule has 110 valence electrons. The third kappa shape index (κ3) is 3.31. The zero-order valence-corrected chi connectivity index (χ0v) is 11.9. The summed E-state index contributed by atoms with van der Waals surface area (Å²) in [7, 11) is 1.59. The van der Waals surface area contributed by atoms with Gasteiger partial charge in [-0.15, -0.1) is 0 Å². The molecule has 4 nitrogen and oxygen atoms in total. The minimum Gasteiger partial charge on any atom is -0.508 e. The summed E-state index contributed by atoms with van der Waals surface area (Å²) in [4.78, 5) is 13.6. The Labute approximate surface area is 122 Å². The number of hydrogen-bond acceptors (Lipinski definition) is 2. The van der Waals surface area contributed by atoms with Gasteiger partial charge >= 0.3 is 6.03 Å². The van der Waals surface area contributed by atoms with E-state index in [1.165, 1.54) is 17.0 Å². The van der Waals surface area contributed by atoms with Crippen LogP contribution in [0.4, 0.5) is 14.9 Å². The summed E-state index contributed by atoms with van der Waals surface area (Å²) in [6.45, 7) is 1.79. The molecule has 21 heavy (non-hydrogen) atoms. The van der Waals surface area contributed by atoms with Crippen LogP contribution in [0.3, 0.4) is 0 Å². The monoisotopic (exact) mass is 288 g/mol. The van der Waals surface area contributed by atoms with Crippen molar-refractivity contribution in [1.82, 2.24) is 4.90 Å². The average Bonchev–Trinajstić information content (AvgIpc) is 2.48. The first-order chi connectivity index (χ1) is 10.0. The Balaban J connectivity index is 2.13. The predicted octanol–water partition coefficient (Wildman–Crippen LogP) is 3.76. The van der Waals surface area contributed by atoms with Gasteiger partial charge < -0.3 is 15.3 Å². The highest BCUT2D eigenvalue weighted by Gasteiger charge is 2.20. The second-order valence-corrected chi connectivity index (χ2v) is 4.76. The van der Waals surface area contributed by atoms with E-state index in [0.29, 0.717) is 5.56 Å². The fourth-order valence-electron chi connectivity index (χ4n) is 1.99. The summed E-state index contributed by atoms with van der Waals surface area (Å²) >= 11 is 0. The highest BCUT2D eigenvalue weighted by atomic mass is 19.1. The zero-order chi connectivity index (χ0) is 15.4. The van der Waals surface area contributed by atoms with Gasteiger partial charge in [-0.2, -0.15) is 0 Å². The Morgan fingerprint density at radius 1 is 1.19 bits per heavy atom. The van der Waals surface area contributed by atoms with Crippen LogP contribution in [0.2, 0.25) is 0 Å². The van der Waals surface area contributed by atoms with Crippen LogP contribution in [-0.2, 0) is 0 Å². The van der Waals surface area contributed by atoms with Gasteiger partial charge in [0.2, 0.25) is 0 Å². The molecule has 0 saturated heterocycles. The standard InChI is InChI=1S/C16H17FN2O2/c1-11(12-7-3-6-10-15(12)20)19(2)16(21)18-14-9-5-4-8-13(14)17/h3-11,20H,1-2H3,(H,18,21). The molecule has 0 aliphatic heterocycles. The molecule has 1 atom stereocenters. The Morgan fingerprint density at radius 2 is 1.81 bits per heavy atom. The van der Waals surface area contributed by atoms with Crippen LogP contribution in [0, 0.1) is 5.82 Å². The first kappa shape index (κ1) is 14.8. The molecule has 2 rings (SSSR count). The van der Waals surface area contributed by atoms with Crippen molar-refractivity contribution in [3.63, 3.8) is 0 Å². The van der Waals surface area contributed by atoms with Crippen molar-refractivity contribution in [2.24, 2.45) is 0 Å². The van der Waals surface area contributed by atoms with Crippen molar-refractivity contribution >= 4 is 11.7 Å². The number of anilines is 1. The summed E-state index contributed by atoms with van der Waals surface area (Å²) < 4.78 is 13.5. The number of carbonyl (C=O) groups excluding carboxylic acids is 1. The number of phenolic OH excluding ortho intramolecular Hbond substituents is 1. The lowest BCUT2D eigenvalue weighted by molar-refractivity contribution is 0.207. The number of para-hydroxylation sites is 2. The van der Waals surface area contributed by atoms with Crippen molar-refractivity contribution in [2.75, 3.05) is 12.4 Å². The second kappa shape index (κ2) is 6.26. The molecule has 2 N–H and O–H groups in total. The van der Waals surface area contributed by atoms with Gasteiger partial charge in [0.25, 0.3) is 0 Å². The Kier molecular flexibility index (Phi) is 4.42. The van der Waals surface area contributed by atoms with Gasteiger partial charge in [0, 0.05) is 12.6 Å². The van der Waals surface area contributed by atoms with E-state index in [1.807, 2.05) is 0 Å². The van der Waals surface area contributed by atoms with Crippen LogP contribution < -0.4 is 5.32 Å². The summed E-state index contributed by atoms with van der Waals surface area (Å²) in [6.07, 6.45) is 0. The molecule has 0 aromatic heterocycles. The minimum absolute atomic E-state index is 0.121. The molecule has 0 spiro atoms. The van der Waals surface area contributed by atoms with Crippen molar-refractivity contribution in [3.05, 3.63) is 59.9 Å². The van der Waals surface area contributed by atoms with E-state index in [9.17, 15) is 14.3 Å². The van der Waals surface area contributed by atoms with Crippen LogP contribution in [0.1, 0.15) is 18.5 Å². The lowest BCUT2D eigenvalue weighted by Gasteiger charge is -2.26. The van der Waals surface area contributed by atoms with Crippen LogP contribution in [0.5, 0.6) is 5.75 Å². The Morgan fingerprint density at radius 3 is 2.48 bits per heavy atom. The number of carbonyl (C=O) groups is 1. The van der Waals surface area contributed by atoms with Gasteiger partial charge in [0.15, 0.2) is 0 Å². The van der Waals surface area contributed by atoms with Gasteiger partial charge in [-0.05, 0) is 25.1 Å². The summed E-state index contributed by atoms with van der Waals surface area (Å²) in [5.41, 5.74) is 0.752. The number of halogens is 1. The highest BCUT2D eigenvalue weighted by Crippen LogP contribution is 2.27. The van der Waals surface area contributed by atoms with Crippen molar-refractivity contribution < 1.29 is 14.3 Å². The third-order valence-corrected chi connectivity index (χ3v) is 3.40. The molecule has 2 aromatic rings. The molecule has 5 heteroatoms. The number of rotatable bonds is 3. The smallest absolute Gasteiger partial charge is 0.322 e. The number of nitrogens with one attached hydrogen (secondary N) is 1. The van der Waals surface area contributed by atoms with E-state index in [2.05, 4.69) is 5.32 Å². The van der Waals surface area contributed by atoms with Gasteiger partial charge in [-0.3, -0.25) is 0 Å². The largest absolute Gasteiger partial charge is 0.508 e. The fraction of sp³-hybridized carbons (Fsp3) is 0.188. The molecule has 2 aromatic carbocycles. The molecule has 0 aliphatic carbocycles. The molecule has 0 saturated carbocycles. The quantitative estimate of drug-likeness (QED) is 0.903. The molecule has 0 fully saturated rings. The number of benzene rings is 2. The Hall–Kier alpha value is -2.56. The van der Waals surface area contributed by atoms with Gasteiger partial charge in [-0.25, -0.2) is 9.18 Å². The summed E-state index contributed by atoms with van der Waals surface area (Å²) in [6, 6.07) is 12.0. The number of aromatic hydroxyl groups is 1. The molecule has 2 amide bonds. The first-order valence-corrected chi connectivity index (χ1v) is 6.57. The highest BCUT2D eigenvalue weighted by molar-refractivity contribution is 5.89. The van der Waals surface area contributed by atoms with Gasteiger partial charge in [0.05, 0.1) is 11.7 Å². The summed E-state index contributed by atoms with van der Waals surface area (Å²) in [5, 5.41) is 12.3. The molecule has 0 aliphatic rings. The Bertz CT molecular complexity index is 646. The number of amides is 2. The van der Waals surface area contributed by atoms with E-state index < -0.39 is 11.8 Å². The SMILES string of the molecule is CC(c1ccccc1O)N(C)C(=O)Nc1ccccc1F. The number of hydrogen-bond donors (Lipinski definition) is 2. The fourth-order valence-corrected chi connectivity index (χ4v) is 1.99. The van der Waals surface area contributed by atoms with Gasteiger partial charge in [-0.1, -0.05) is 30.3 Å². The van der Waals surface area contributed by atoms with E-state index in [-0.39, 0.29) is 17.5 Å². The van der Waals surface area contributed by atoms with Crippen molar-refractivity contribution in [1.29, 1.82) is 0 Å². The maximum Gasteiger partial charge on any atom is 0.322 e. The lowest BCUT2D eigenvalue weighted by Crippen LogP contribution is -2.33. The second-order valence-electron chi connectivity index (χ2n) is 4.76. The molecule has 0 heterocycles. The van der Waals surface area contributed by atoms with Crippen molar-refractivity contribution in [3.8, 4) is 5.75 Å². The first-order valence-electron chi connectivity index (χ1n) is 6.57. The number of urea groups is 1. The summed E-state index contributed by atoms with van der Waals surface area (Å²) in [5.74, 6) is -0.370. The number of phenols is 1. The third-order valence-electron chi connectivity index (χ3n) is 3.40. The van der Waals surface area contributed by atoms with Crippen LogP contribution in [0.15, 0.2) is 48.5 Å². The minimum atomic E-state index is -0.491. The lowest BCUT2D eigenvalue weighted by atomic mass is 10.1. The van der Waals surface area contributed by atoms with E-state index in [4.69, 9.17) is 0 Å². The van der Waals surface area contributed by atoms with Gasteiger partial charge in [0.1, 0.15) is 11.6 Å². The van der Waals surface area contributed by atoms with E-state index >= 15 is 0 Å². The van der Waals surface area contributed by atoms with E-state index in [0.717, 1.165) is 0 Å². The van der Waals surface area contributed by atoms with Crippen LogP contribution in [0.25, 0.3) is 0 Å². The molecule has 0 bridgehead atoms. The zero-order valence-electron chi connectivity index (χ0n) is 11.9. The maximum atomic E-state index is 13.5.